The minimum absolute atomic E-state index is 0.116. The van der Waals surface area contributed by atoms with Crippen molar-refractivity contribution in [2.24, 2.45) is 0 Å². The minimum atomic E-state index is -0.182. The third-order valence-electron chi connectivity index (χ3n) is 5.89. The highest BCUT2D eigenvalue weighted by Gasteiger charge is 2.20. The summed E-state index contributed by atoms with van der Waals surface area (Å²) in [7, 11) is 1.63. The van der Waals surface area contributed by atoms with Crippen LogP contribution in [0.25, 0.3) is 11.4 Å². The van der Waals surface area contributed by atoms with Crippen LogP contribution in [-0.2, 0) is 11.3 Å². The number of rotatable bonds is 6. The number of ether oxygens (including phenoxy) is 1. The Morgan fingerprint density at radius 1 is 1.19 bits per heavy atom. The number of anilines is 1. The van der Waals surface area contributed by atoms with E-state index in [2.05, 4.69) is 34.9 Å². The van der Waals surface area contributed by atoms with Crippen LogP contribution in [-0.4, -0.2) is 63.3 Å². The van der Waals surface area contributed by atoms with Crippen molar-refractivity contribution in [1.82, 2.24) is 30.0 Å². The molecule has 0 bridgehead atoms. The second-order valence-corrected chi connectivity index (χ2v) is 8.07. The number of aryl methyl sites for hydroxylation is 1. The molecule has 10 heteroatoms. The van der Waals surface area contributed by atoms with E-state index in [0.29, 0.717) is 29.6 Å². The van der Waals surface area contributed by atoms with Crippen LogP contribution < -0.4 is 10.5 Å². The SMILES string of the molecule is COC(C)c1noc(CN2CCCN(c3ccc(-c4nc(C)c(C)c(=O)[nH]4)cn3)CC2)n1. The number of methoxy groups -OCH3 is 1. The molecule has 1 unspecified atom stereocenters. The standard InChI is InChI=1S/C22H29N7O3/c1-14-15(2)24-21(26-22(14)30)17-6-7-18(23-12-17)29-9-5-8-28(10-11-29)13-19-25-20(27-32-19)16(3)31-4/h6-7,12,16H,5,8-11,13H2,1-4H3,(H,24,26,30). The summed E-state index contributed by atoms with van der Waals surface area (Å²) < 4.78 is 10.6. The number of pyridine rings is 1. The number of hydrogen-bond donors (Lipinski definition) is 1. The predicted octanol–water partition coefficient (Wildman–Crippen LogP) is 2.25. The first kappa shape index (κ1) is 22.1. The number of H-pyrrole nitrogens is 1. The zero-order chi connectivity index (χ0) is 22.7. The maximum atomic E-state index is 12.0. The molecular formula is C22H29N7O3. The monoisotopic (exact) mass is 439 g/mol. The van der Waals surface area contributed by atoms with Crippen LogP contribution in [0.4, 0.5) is 5.82 Å². The molecular weight excluding hydrogens is 410 g/mol. The van der Waals surface area contributed by atoms with Gasteiger partial charge in [0.25, 0.3) is 5.56 Å². The molecule has 4 heterocycles. The summed E-state index contributed by atoms with van der Waals surface area (Å²) >= 11 is 0. The van der Waals surface area contributed by atoms with Crippen LogP contribution in [0, 0.1) is 13.8 Å². The molecule has 1 aliphatic rings. The van der Waals surface area contributed by atoms with Crippen LogP contribution >= 0.6 is 0 Å². The predicted molar refractivity (Wildman–Crippen MR) is 119 cm³/mol. The van der Waals surface area contributed by atoms with E-state index >= 15 is 0 Å². The Hall–Kier alpha value is -3.11. The third-order valence-corrected chi connectivity index (χ3v) is 5.89. The van der Waals surface area contributed by atoms with E-state index in [4.69, 9.17) is 9.26 Å². The van der Waals surface area contributed by atoms with Crippen molar-refractivity contribution < 1.29 is 9.26 Å². The first-order chi connectivity index (χ1) is 15.4. The lowest BCUT2D eigenvalue weighted by Gasteiger charge is -2.22. The van der Waals surface area contributed by atoms with Gasteiger partial charge < -0.3 is 19.1 Å². The smallest absolute Gasteiger partial charge is 0.254 e. The molecule has 0 aliphatic carbocycles. The summed E-state index contributed by atoms with van der Waals surface area (Å²) in [5.41, 5.74) is 2.04. The average Bonchev–Trinajstić information content (AvgIpc) is 3.14. The van der Waals surface area contributed by atoms with E-state index in [9.17, 15) is 4.79 Å². The Morgan fingerprint density at radius 3 is 2.75 bits per heavy atom. The minimum Gasteiger partial charge on any atom is -0.374 e. The van der Waals surface area contributed by atoms with Gasteiger partial charge in [-0.1, -0.05) is 5.16 Å². The Morgan fingerprint density at radius 2 is 2.03 bits per heavy atom. The fraction of sp³-hybridized carbons (Fsp3) is 0.500. The van der Waals surface area contributed by atoms with Crippen molar-refractivity contribution in [3.8, 4) is 11.4 Å². The normalized spacial score (nSPS) is 16.2. The van der Waals surface area contributed by atoms with Gasteiger partial charge in [0.1, 0.15) is 17.7 Å². The van der Waals surface area contributed by atoms with Crippen LogP contribution in [0.3, 0.4) is 0 Å². The molecule has 1 fully saturated rings. The van der Waals surface area contributed by atoms with Gasteiger partial charge in [0.15, 0.2) is 5.82 Å². The van der Waals surface area contributed by atoms with E-state index in [-0.39, 0.29) is 11.7 Å². The highest BCUT2D eigenvalue weighted by atomic mass is 16.5. The Bertz CT molecular complexity index is 1110. The molecule has 1 N–H and O–H groups in total. The second kappa shape index (κ2) is 9.58. The van der Waals surface area contributed by atoms with Crippen molar-refractivity contribution >= 4 is 5.82 Å². The lowest BCUT2D eigenvalue weighted by molar-refractivity contribution is 0.109. The van der Waals surface area contributed by atoms with Crippen LogP contribution in [0.2, 0.25) is 0 Å². The molecule has 0 aromatic carbocycles. The van der Waals surface area contributed by atoms with Gasteiger partial charge in [0, 0.05) is 56.3 Å². The summed E-state index contributed by atoms with van der Waals surface area (Å²) in [6.45, 7) is 9.70. The fourth-order valence-electron chi connectivity index (χ4n) is 3.65. The van der Waals surface area contributed by atoms with Gasteiger partial charge in [-0.25, -0.2) is 9.97 Å². The molecule has 3 aromatic rings. The van der Waals surface area contributed by atoms with Gasteiger partial charge in [0.2, 0.25) is 5.89 Å². The van der Waals surface area contributed by atoms with Gasteiger partial charge >= 0.3 is 0 Å². The quantitative estimate of drug-likeness (QED) is 0.618. The molecule has 1 aliphatic heterocycles. The maximum absolute atomic E-state index is 12.0. The topological polar surface area (TPSA) is 113 Å². The molecule has 0 spiro atoms. The lowest BCUT2D eigenvalue weighted by atomic mass is 10.2. The third kappa shape index (κ3) is 4.86. The van der Waals surface area contributed by atoms with E-state index in [1.165, 1.54) is 0 Å². The number of nitrogens with zero attached hydrogens (tertiary/aromatic N) is 6. The molecule has 4 rings (SSSR count). The van der Waals surface area contributed by atoms with Crippen LogP contribution in [0.5, 0.6) is 0 Å². The Labute approximate surface area is 186 Å². The highest BCUT2D eigenvalue weighted by molar-refractivity contribution is 5.56. The molecule has 3 aromatic heterocycles. The van der Waals surface area contributed by atoms with Crippen molar-refractivity contribution in [1.29, 1.82) is 0 Å². The summed E-state index contributed by atoms with van der Waals surface area (Å²) in [6.07, 6.45) is 2.59. The number of aromatic amines is 1. The van der Waals surface area contributed by atoms with Gasteiger partial charge in [-0.05, 0) is 39.3 Å². The number of nitrogens with one attached hydrogen (secondary N) is 1. The number of hydrogen-bond acceptors (Lipinski definition) is 9. The molecule has 0 amide bonds. The molecule has 170 valence electrons. The molecule has 0 saturated carbocycles. The van der Waals surface area contributed by atoms with Crippen molar-refractivity contribution in [2.45, 2.75) is 39.8 Å². The molecule has 10 nitrogen and oxygen atoms in total. The maximum Gasteiger partial charge on any atom is 0.254 e. The largest absolute Gasteiger partial charge is 0.374 e. The molecule has 1 atom stereocenters. The zero-order valence-electron chi connectivity index (χ0n) is 19.0. The van der Waals surface area contributed by atoms with E-state index in [0.717, 1.165) is 49.7 Å². The Kier molecular flexibility index (Phi) is 6.61. The van der Waals surface area contributed by atoms with Crippen LogP contribution in [0.15, 0.2) is 27.6 Å². The fourth-order valence-corrected chi connectivity index (χ4v) is 3.65. The van der Waals surface area contributed by atoms with Crippen molar-refractivity contribution in [2.75, 3.05) is 38.2 Å². The summed E-state index contributed by atoms with van der Waals surface area (Å²) in [4.78, 5) is 33.0. The highest BCUT2D eigenvalue weighted by Crippen LogP contribution is 2.20. The summed E-state index contributed by atoms with van der Waals surface area (Å²) in [5, 5.41) is 4.00. The van der Waals surface area contributed by atoms with Crippen molar-refractivity contribution in [3.63, 3.8) is 0 Å². The summed E-state index contributed by atoms with van der Waals surface area (Å²) in [5.74, 6) is 2.63. The van der Waals surface area contributed by atoms with Gasteiger partial charge in [-0.3, -0.25) is 9.69 Å². The molecule has 32 heavy (non-hydrogen) atoms. The Balaban J connectivity index is 1.39. The van der Waals surface area contributed by atoms with E-state index in [1.54, 1.807) is 20.2 Å². The van der Waals surface area contributed by atoms with Gasteiger partial charge in [0.05, 0.1) is 6.54 Å². The lowest BCUT2D eigenvalue weighted by Crippen LogP contribution is -2.31. The molecule has 0 radical (unpaired) electrons. The van der Waals surface area contributed by atoms with Gasteiger partial charge in [-0.2, -0.15) is 4.98 Å². The first-order valence-corrected chi connectivity index (χ1v) is 10.8. The van der Waals surface area contributed by atoms with Crippen molar-refractivity contribution in [3.05, 3.63) is 51.7 Å². The van der Waals surface area contributed by atoms with E-state index in [1.807, 2.05) is 26.0 Å². The first-order valence-electron chi connectivity index (χ1n) is 10.8. The summed E-state index contributed by atoms with van der Waals surface area (Å²) in [6, 6.07) is 3.94. The second-order valence-electron chi connectivity index (χ2n) is 8.07. The van der Waals surface area contributed by atoms with Crippen LogP contribution in [0.1, 0.15) is 42.4 Å². The zero-order valence-corrected chi connectivity index (χ0v) is 19.0. The molecule has 1 saturated heterocycles. The van der Waals surface area contributed by atoms with Gasteiger partial charge in [-0.15, -0.1) is 0 Å². The van der Waals surface area contributed by atoms with E-state index < -0.39 is 0 Å². The number of aromatic nitrogens is 5. The average molecular weight is 440 g/mol.